The molecule has 3 amide bonds. The van der Waals surface area contributed by atoms with E-state index in [1.807, 2.05) is 45.0 Å². The number of likely N-dealkylation sites (tertiary alicyclic amines) is 1. The Morgan fingerprint density at radius 3 is 2.22 bits per heavy atom. The van der Waals surface area contributed by atoms with Crippen molar-refractivity contribution in [2.45, 2.75) is 46.5 Å². The fourth-order valence-corrected chi connectivity index (χ4v) is 4.76. The van der Waals surface area contributed by atoms with Crippen LogP contribution in [0, 0.1) is 12.3 Å². The number of nitrogens with zero attached hydrogens (tertiary/aromatic N) is 4. The number of piperidine rings is 1. The van der Waals surface area contributed by atoms with E-state index < -0.39 is 0 Å². The van der Waals surface area contributed by atoms with Gasteiger partial charge in [0.25, 0.3) is 0 Å². The second-order valence-electron chi connectivity index (χ2n) is 10.6. The zero-order valence-corrected chi connectivity index (χ0v) is 21.5. The van der Waals surface area contributed by atoms with Crippen molar-refractivity contribution in [3.63, 3.8) is 0 Å². The molecule has 192 valence electrons. The molecule has 0 spiro atoms. The van der Waals surface area contributed by atoms with Gasteiger partial charge in [0.2, 0.25) is 11.8 Å². The molecule has 2 saturated heterocycles. The average molecular weight is 493 g/mol. The lowest BCUT2D eigenvalue weighted by Crippen LogP contribution is -2.49. The lowest BCUT2D eigenvalue weighted by Gasteiger charge is -2.34. The Morgan fingerprint density at radius 1 is 0.917 bits per heavy atom. The predicted octanol–water partition coefficient (Wildman–Crippen LogP) is 3.47. The molecule has 0 N–H and O–H groups in total. The summed E-state index contributed by atoms with van der Waals surface area (Å²) in [7, 11) is 0. The topological polar surface area (TPSA) is 83.0 Å². The van der Waals surface area contributed by atoms with Crippen molar-refractivity contribution in [3.8, 4) is 5.75 Å². The summed E-state index contributed by atoms with van der Waals surface area (Å²) in [6.07, 6.45) is 1.93. The smallest absolute Gasteiger partial charge is 0.410 e. The first-order valence-corrected chi connectivity index (χ1v) is 12.7. The van der Waals surface area contributed by atoms with Crippen LogP contribution < -0.4 is 4.74 Å². The van der Waals surface area contributed by atoms with Gasteiger partial charge in [0.1, 0.15) is 5.75 Å². The highest BCUT2D eigenvalue weighted by atomic mass is 16.6. The molecule has 2 fully saturated rings. The molecule has 36 heavy (non-hydrogen) atoms. The molecule has 0 atom stereocenters. The number of benzene rings is 1. The number of carbonyl (C=O) groups is 3. The maximum Gasteiger partial charge on any atom is 0.415 e. The molecule has 0 aliphatic carbocycles. The van der Waals surface area contributed by atoms with E-state index in [1.165, 1.54) is 4.90 Å². The highest BCUT2D eigenvalue weighted by molar-refractivity contribution is 5.98. The minimum Gasteiger partial charge on any atom is -0.410 e. The van der Waals surface area contributed by atoms with E-state index in [9.17, 15) is 14.4 Å². The Kier molecular flexibility index (Phi) is 8.04. The number of hydrogen-bond acceptors (Lipinski definition) is 6. The average Bonchev–Trinajstić information content (AvgIpc) is 2.83. The summed E-state index contributed by atoms with van der Waals surface area (Å²) in [5.41, 5.74) is 2.85. The van der Waals surface area contributed by atoms with Crippen LogP contribution in [0.2, 0.25) is 0 Å². The number of piperazine rings is 1. The highest BCUT2D eigenvalue weighted by Gasteiger charge is 2.37. The molecular formula is C28H36N4O4. The van der Waals surface area contributed by atoms with Crippen LogP contribution in [0.3, 0.4) is 0 Å². The molecular weight excluding hydrogens is 456 g/mol. The van der Waals surface area contributed by atoms with E-state index in [4.69, 9.17) is 4.74 Å². The number of pyridine rings is 1. The zero-order chi connectivity index (χ0) is 25.7. The Morgan fingerprint density at radius 2 is 1.58 bits per heavy atom. The molecule has 1 aromatic heterocycles. The van der Waals surface area contributed by atoms with Gasteiger partial charge in [-0.1, -0.05) is 32.0 Å². The summed E-state index contributed by atoms with van der Waals surface area (Å²) in [6.45, 7) is 10.1. The third kappa shape index (κ3) is 6.91. The van der Waals surface area contributed by atoms with Gasteiger partial charge in [-0.05, 0) is 48.6 Å². The minimum absolute atomic E-state index is 0.103. The van der Waals surface area contributed by atoms with Gasteiger partial charge in [0.05, 0.1) is 0 Å². The van der Waals surface area contributed by atoms with Gasteiger partial charge in [-0.15, -0.1) is 0 Å². The van der Waals surface area contributed by atoms with Gasteiger partial charge in [0.15, 0.2) is 0 Å². The molecule has 0 radical (unpaired) electrons. The molecule has 2 aliphatic rings. The summed E-state index contributed by atoms with van der Waals surface area (Å²) in [5, 5.41) is 0. The first kappa shape index (κ1) is 25.8. The second kappa shape index (κ2) is 11.2. The molecule has 2 aliphatic heterocycles. The number of hydrogen-bond donors (Lipinski definition) is 0. The monoisotopic (exact) mass is 492 g/mol. The fourth-order valence-electron chi connectivity index (χ4n) is 4.76. The standard InChI is InChI=1S/C28H36N4O4/c1-21-5-4-6-23(29-21)12-13-30-15-17-31(18-16-30)27(35)36-24-9-7-22(8-10-24)11-14-32-25(33)19-28(2,3)20-26(32)34/h4-10H,11-20H2,1-3H3. The largest absolute Gasteiger partial charge is 0.415 e. The molecule has 8 nitrogen and oxygen atoms in total. The zero-order valence-electron chi connectivity index (χ0n) is 21.5. The van der Waals surface area contributed by atoms with Crippen molar-refractivity contribution in [1.82, 2.24) is 19.7 Å². The van der Waals surface area contributed by atoms with Crippen molar-refractivity contribution in [2.24, 2.45) is 5.41 Å². The number of imide groups is 1. The number of aryl methyl sites for hydroxylation is 1. The second-order valence-corrected chi connectivity index (χ2v) is 10.6. The van der Waals surface area contributed by atoms with E-state index in [0.717, 1.165) is 43.0 Å². The lowest BCUT2D eigenvalue weighted by atomic mass is 9.81. The number of amides is 3. The van der Waals surface area contributed by atoms with E-state index in [0.29, 0.717) is 44.6 Å². The van der Waals surface area contributed by atoms with E-state index in [-0.39, 0.29) is 23.3 Å². The van der Waals surface area contributed by atoms with Crippen LogP contribution in [0.1, 0.15) is 43.6 Å². The molecule has 0 bridgehead atoms. The summed E-state index contributed by atoms with van der Waals surface area (Å²) in [4.78, 5) is 47.3. The highest BCUT2D eigenvalue weighted by Crippen LogP contribution is 2.31. The third-order valence-electron chi connectivity index (χ3n) is 6.87. The van der Waals surface area contributed by atoms with Gasteiger partial charge in [-0.25, -0.2) is 4.79 Å². The Balaban J connectivity index is 1.19. The first-order valence-electron chi connectivity index (χ1n) is 12.7. The van der Waals surface area contributed by atoms with Gasteiger partial charge in [-0.2, -0.15) is 0 Å². The van der Waals surface area contributed by atoms with Crippen LogP contribution in [0.25, 0.3) is 0 Å². The van der Waals surface area contributed by atoms with Crippen molar-refractivity contribution in [3.05, 3.63) is 59.4 Å². The van der Waals surface area contributed by atoms with Crippen LogP contribution in [0.15, 0.2) is 42.5 Å². The minimum atomic E-state index is -0.338. The molecule has 1 aromatic carbocycles. The van der Waals surface area contributed by atoms with Crippen molar-refractivity contribution in [1.29, 1.82) is 0 Å². The number of carbonyl (C=O) groups excluding carboxylic acids is 3. The Labute approximate surface area is 213 Å². The van der Waals surface area contributed by atoms with E-state index in [2.05, 4.69) is 16.0 Å². The summed E-state index contributed by atoms with van der Waals surface area (Å²) in [5.74, 6) is 0.283. The quantitative estimate of drug-likeness (QED) is 0.551. The summed E-state index contributed by atoms with van der Waals surface area (Å²) in [6, 6.07) is 13.4. The summed E-state index contributed by atoms with van der Waals surface area (Å²) < 4.78 is 5.58. The molecule has 3 heterocycles. The fraction of sp³-hybridized carbons (Fsp3) is 0.500. The van der Waals surface area contributed by atoms with E-state index >= 15 is 0 Å². The predicted molar refractivity (Wildman–Crippen MR) is 137 cm³/mol. The molecule has 0 saturated carbocycles. The third-order valence-corrected chi connectivity index (χ3v) is 6.87. The van der Waals surface area contributed by atoms with Gasteiger partial charge in [-0.3, -0.25) is 24.4 Å². The van der Waals surface area contributed by atoms with Gasteiger partial charge >= 0.3 is 6.09 Å². The van der Waals surface area contributed by atoms with Crippen LogP contribution in [-0.2, 0) is 22.4 Å². The molecule has 4 rings (SSSR count). The van der Waals surface area contributed by atoms with Crippen molar-refractivity contribution < 1.29 is 19.1 Å². The number of rotatable bonds is 7. The molecule has 2 aromatic rings. The lowest BCUT2D eigenvalue weighted by molar-refractivity contribution is -0.152. The van der Waals surface area contributed by atoms with E-state index in [1.54, 1.807) is 17.0 Å². The van der Waals surface area contributed by atoms with Crippen LogP contribution >= 0.6 is 0 Å². The van der Waals surface area contributed by atoms with Crippen molar-refractivity contribution in [2.75, 3.05) is 39.3 Å². The number of ether oxygens (including phenoxy) is 1. The Bertz CT molecular complexity index is 1070. The Hall–Kier alpha value is -3.26. The summed E-state index contributed by atoms with van der Waals surface area (Å²) >= 11 is 0. The van der Waals surface area contributed by atoms with Crippen LogP contribution in [-0.4, -0.2) is 76.9 Å². The van der Waals surface area contributed by atoms with Crippen LogP contribution in [0.4, 0.5) is 4.79 Å². The molecule has 0 unspecified atom stereocenters. The number of aromatic nitrogens is 1. The van der Waals surface area contributed by atoms with Gasteiger partial charge < -0.3 is 9.64 Å². The van der Waals surface area contributed by atoms with Crippen LogP contribution in [0.5, 0.6) is 5.75 Å². The maximum absolute atomic E-state index is 12.6. The SMILES string of the molecule is Cc1cccc(CCN2CCN(C(=O)Oc3ccc(CCN4C(=O)CC(C)(C)CC4=O)cc3)CC2)n1. The molecule has 8 heteroatoms. The van der Waals surface area contributed by atoms with Crippen molar-refractivity contribution >= 4 is 17.9 Å². The normalized spacial score (nSPS) is 18.4. The maximum atomic E-state index is 12.6. The van der Waals surface area contributed by atoms with Gasteiger partial charge in [0, 0.05) is 69.9 Å². The first-order chi connectivity index (χ1) is 17.2.